The second kappa shape index (κ2) is 10.0. The van der Waals surface area contributed by atoms with E-state index in [4.69, 9.17) is 9.47 Å². The Morgan fingerprint density at radius 2 is 1.85 bits per heavy atom. The molecule has 1 aromatic carbocycles. The Morgan fingerprint density at radius 1 is 1.19 bits per heavy atom. The van der Waals surface area contributed by atoms with Gasteiger partial charge in [0, 0.05) is 19.1 Å². The number of carbonyl (C=O) groups excluding carboxylic acids is 2. The summed E-state index contributed by atoms with van der Waals surface area (Å²) in [5.74, 6) is 1.26. The van der Waals surface area contributed by atoms with Gasteiger partial charge in [-0.25, -0.2) is 4.79 Å². The number of nitrogens with one attached hydrogen (secondary N) is 1. The van der Waals surface area contributed by atoms with E-state index in [0.717, 1.165) is 24.2 Å². The highest BCUT2D eigenvalue weighted by molar-refractivity contribution is 5.79. The van der Waals surface area contributed by atoms with Crippen molar-refractivity contribution < 1.29 is 19.1 Å². The van der Waals surface area contributed by atoms with Crippen LogP contribution in [0, 0.1) is 5.92 Å². The molecule has 2 amide bonds. The molecule has 1 fully saturated rings. The Kier molecular flexibility index (Phi) is 7.75. The van der Waals surface area contributed by atoms with Gasteiger partial charge < -0.3 is 19.7 Å². The first-order valence-corrected chi connectivity index (χ1v) is 9.40. The van der Waals surface area contributed by atoms with Gasteiger partial charge in [0.25, 0.3) is 0 Å². The highest BCUT2D eigenvalue weighted by Crippen LogP contribution is 2.15. The number of nitrogens with zero attached hydrogens (tertiary/aromatic N) is 1. The van der Waals surface area contributed by atoms with Crippen molar-refractivity contribution in [2.24, 2.45) is 5.92 Å². The van der Waals surface area contributed by atoms with E-state index in [1.165, 1.54) is 0 Å². The molecule has 6 nitrogen and oxygen atoms in total. The van der Waals surface area contributed by atoms with E-state index in [9.17, 15) is 9.59 Å². The molecular formula is C20H30N2O4. The van der Waals surface area contributed by atoms with E-state index in [0.29, 0.717) is 38.6 Å². The first-order valence-electron chi connectivity index (χ1n) is 9.40. The van der Waals surface area contributed by atoms with Crippen LogP contribution >= 0.6 is 0 Å². The molecule has 6 heteroatoms. The molecule has 0 aromatic heterocycles. The fraction of sp³-hybridized carbons (Fsp3) is 0.600. The van der Waals surface area contributed by atoms with Crippen molar-refractivity contribution in [1.29, 1.82) is 0 Å². The van der Waals surface area contributed by atoms with Gasteiger partial charge in [0.1, 0.15) is 5.75 Å². The number of rotatable bonds is 7. The lowest BCUT2D eigenvalue weighted by Gasteiger charge is -2.32. The summed E-state index contributed by atoms with van der Waals surface area (Å²) in [4.78, 5) is 26.1. The number of benzene rings is 1. The number of ether oxygens (including phenoxy) is 2. The molecule has 0 atom stereocenters. The van der Waals surface area contributed by atoms with Gasteiger partial charge in [-0.3, -0.25) is 4.79 Å². The van der Waals surface area contributed by atoms with Crippen LogP contribution in [-0.2, 0) is 16.0 Å². The van der Waals surface area contributed by atoms with Crippen LogP contribution in [0.25, 0.3) is 0 Å². The Labute approximate surface area is 155 Å². The fourth-order valence-corrected chi connectivity index (χ4v) is 2.88. The minimum atomic E-state index is -0.363. The highest BCUT2D eigenvalue weighted by atomic mass is 16.5. The summed E-state index contributed by atoms with van der Waals surface area (Å²) in [6.07, 6.45) is 1.54. The zero-order valence-corrected chi connectivity index (χ0v) is 16.0. The summed E-state index contributed by atoms with van der Waals surface area (Å²) in [7, 11) is 0. The van der Waals surface area contributed by atoms with Crippen LogP contribution in [0.2, 0.25) is 0 Å². The lowest BCUT2D eigenvalue weighted by Crippen LogP contribution is -2.47. The minimum absolute atomic E-state index is 0.0733. The summed E-state index contributed by atoms with van der Waals surface area (Å²) in [5, 5.41) is 2.89. The van der Waals surface area contributed by atoms with Crippen LogP contribution in [0.1, 0.15) is 39.2 Å². The number of likely N-dealkylation sites (tertiary alicyclic amines) is 1. The highest BCUT2D eigenvalue weighted by Gasteiger charge is 2.24. The molecule has 1 aromatic rings. The van der Waals surface area contributed by atoms with Gasteiger partial charge in [0.15, 0.2) is 0 Å². The number of amides is 2. The predicted molar refractivity (Wildman–Crippen MR) is 100 cm³/mol. The number of hydrogen-bond donors (Lipinski definition) is 1. The van der Waals surface area contributed by atoms with Crippen LogP contribution in [-0.4, -0.2) is 49.2 Å². The predicted octanol–water partition coefficient (Wildman–Crippen LogP) is 3.00. The van der Waals surface area contributed by atoms with E-state index < -0.39 is 0 Å². The van der Waals surface area contributed by atoms with Crippen LogP contribution in [0.3, 0.4) is 0 Å². The maximum Gasteiger partial charge on any atom is 0.407 e. The summed E-state index contributed by atoms with van der Waals surface area (Å²) in [5.41, 5.74) is 0.982. The number of alkyl carbamates (subject to hydrolysis) is 1. The third-order valence-electron chi connectivity index (χ3n) is 4.31. The molecular weight excluding hydrogens is 332 g/mol. The Balaban J connectivity index is 1.73. The third-order valence-corrected chi connectivity index (χ3v) is 4.31. The molecule has 2 rings (SSSR count). The Morgan fingerprint density at radius 3 is 2.42 bits per heavy atom. The molecule has 1 aliphatic heterocycles. The lowest BCUT2D eigenvalue weighted by molar-refractivity contribution is -0.131. The molecule has 1 saturated heterocycles. The molecule has 0 unspecified atom stereocenters. The van der Waals surface area contributed by atoms with Crippen LogP contribution < -0.4 is 10.1 Å². The van der Waals surface area contributed by atoms with Gasteiger partial charge in [-0.15, -0.1) is 0 Å². The van der Waals surface area contributed by atoms with Gasteiger partial charge in [-0.1, -0.05) is 26.0 Å². The van der Waals surface area contributed by atoms with E-state index >= 15 is 0 Å². The number of piperidine rings is 1. The van der Waals surface area contributed by atoms with Crippen molar-refractivity contribution in [3.63, 3.8) is 0 Å². The standard InChI is InChI=1S/C20H30N2O4/c1-4-25-18-7-5-16(6-8-18)13-19(23)22-11-9-17(10-12-22)21-20(24)26-14-15(2)3/h5-8,15,17H,4,9-14H2,1-3H3,(H,21,24). The minimum Gasteiger partial charge on any atom is -0.494 e. The van der Waals surface area contributed by atoms with Gasteiger partial charge in [-0.2, -0.15) is 0 Å². The monoisotopic (exact) mass is 362 g/mol. The second-order valence-corrected chi connectivity index (χ2v) is 7.05. The first-order chi connectivity index (χ1) is 12.5. The van der Waals surface area contributed by atoms with E-state index in [1.807, 2.05) is 49.9 Å². The van der Waals surface area contributed by atoms with Gasteiger partial charge in [0.2, 0.25) is 5.91 Å². The van der Waals surface area contributed by atoms with E-state index in [1.54, 1.807) is 0 Å². The van der Waals surface area contributed by atoms with Crippen molar-refractivity contribution in [1.82, 2.24) is 10.2 Å². The third kappa shape index (κ3) is 6.58. The van der Waals surface area contributed by atoms with Crippen LogP contribution in [0.4, 0.5) is 4.79 Å². The van der Waals surface area contributed by atoms with Crippen LogP contribution in [0.15, 0.2) is 24.3 Å². The quantitative estimate of drug-likeness (QED) is 0.810. The molecule has 1 heterocycles. The summed E-state index contributed by atoms with van der Waals surface area (Å²) >= 11 is 0. The molecule has 144 valence electrons. The van der Waals surface area contributed by atoms with Gasteiger partial charge in [0.05, 0.1) is 19.6 Å². The molecule has 1 N–H and O–H groups in total. The van der Waals surface area contributed by atoms with Crippen molar-refractivity contribution in [3.05, 3.63) is 29.8 Å². The summed E-state index contributed by atoms with van der Waals surface area (Å²) in [6.45, 7) is 8.32. The zero-order valence-electron chi connectivity index (χ0n) is 16.0. The fourth-order valence-electron chi connectivity index (χ4n) is 2.88. The normalized spacial score (nSPS) is 15.0. The Bertz CT molecular complexity index is 578. The van der Waals surface area contributed by atoms with Crippen molar-refractivity contribution >= 4 is 12.0 Å². The number of hydrogen-bond acceptors (Lipinski definition) is 4. The molecule has 0 aliphatic carbocycles. The van der Waals surface area contributed by atoms with E-state index in [2.05, 4.69) is 5.32 Å². The summed E-state index contributed by atoms with van der Waals surface area (Å²) < 4.78 is 10.6. The second-order valence-electron chi connectivity index (χ2n) is 7.05. The zero-order chi connectivity index (χ0) is 18.9. The average Bonchev–Trinajstić information content (AvgIpc) is 2.62. The molecule has 26 heavy (non-hydrogen) atoms. The van der Waals surface area contributed by atoms with E-state index in [-0.39, 0.29) is 18.0 Å². The first kappa shape index (κ1) is 20.1. The van der Waals surface area contributed by atoms with Crippen LogP contribution in [0.5, 0.6) is 5.75 Å². The maximum absolute atomic E-state index is 12.5. The largest absolute Gasteiger partial charge is 0.494 e. The smallest absolute Gasteiger partial charge is 0.407 e. The molecule has 0 spiro atoms. The molecule has 0 radical (unpaired) electrons. The molecule has 0 saturated carbocycles. The SMILES string of the molecule is CCOc1ccc(CC(=O)N2CCC(NC(=O)OCC(C)C)CC2)cc1. The summed E-state index contributed by atoms with van der Waals surface area (Å²) in [6, 6.07) is 7.73. The van der Waals surface area contributed by atoms with Gasteiger partial charge in [-0.05, 0) is 43.4 Å². The van der Waals surface area contributed by atoms with Crippen molar-refractivity contribution in [3.8, 4) is 5.75 Å². The topological polar surface area (TPSA) is 67.9 Å². The lowest BCUT2D eigenvalue weighted by atomic mass is 10.0. The Hall–Kier alpha value is -2.24. The average molecular weight is 362 g/mol. The maximum atomic E-state index is 12.5. The van der Waals surface area contributed by atoms with Gasteiger partial charge >= 0.3 is 6.09 Å². The van der Waals surface area contributed by atoms with Crippen molar-refractivity contribution in [2.45, 2.75) is 46.1 Å². The number of carbonyl (C=O) groups is 2. The molecule has 1 aliphatic rings. The molecule has 0 bridgehead atoms. The van der Waals surface area contributed by atoms with Crippen molar-refractivity contribution in [2.75, 3.05) is 26.3 Å².